The molecule has 1 aliphatic carbocycles. The first-order valence-corrected chi connectivity index (χ1v) is 6.80. The van der Waals surface area contributed by atoms with E-state index in [-0.39, 0.29) is 0 Å². The van der Waals surface area contributed by atoms with Crippen molar-refractivity contribution in [2.45, 2.75) is 52.0 Å². The third-order valence-corrected chi connectivity index (χ3v) is 3.63. The molecular weight excluding hydrogens is 230 g/mol. The van der Waals surface area contributed by atoms with E-state index in [9.17, 15) is 0 Å². The van der Waals surface area contributed by atoms with Gasteiger partial charge in [-0.1, -0.05) is 19.3 Å². The minimum absolute atomic E-state index is 0.555. The normalized spacial score (nSPS) is 16.8. The lowest BCUT2D eigenvalue weighted by atomic mass is 9.96. The Labute approximate surface area is 109 Å². The van der Waals surface area contributed by atoms with E-state index in [2.05, 4.69) is 36.7 Å². The van der Waals surface area contributed by atoms with Gasteiger partial charge in [-0.25, -0.2) is 0 Å². The fraction of sp³-hybridized carbons (Fsp3) is 0.615. The van der Waals surface area contributed by atoms with E-state index >= 15 is 0 Å². The van der Waals surface area contributed by atoms with Crippen LogP contribution in [0.15, 0.2) is 12.1 Å². The second kappa shape index (κ2) is 5.54. The van der Waals surface area contributed by atoms with Crippen molar-refractivity contribution in [3.8, 4) is 0 Å². The van der Waals surface area contributed by atoms with Gasteiger partial charge in [0, 0.05) is 17.4 Å². The maximum atomic E-state index is 5.36. The highest BCUT2D eigenvalue weighted by molar-refractivity contribution is 7.80. The van der Waals surface area contributed by atoms with E-state index in [1.54, 1.807) is 0 Å². The zero-order valence-electron chi connectivity index (χ0n) is 10.6. The van der Waals surface area contributed by atoms with Crippen LogP contribution in [0.3, 0.4) is 0 Å². The molecule has 1 aromatic rings. The van der Waals surface area contributed by atoms with Gasteiger partial charge in [-0.2, -0.15) is 0 Å². The Bertz CT molecular complexity index is 372. The first-order chi connectivity index (χ1) is 8.16. The zero-order chi connectivity index (χ0) is 12.3. The zero-order valence-corrected chi connectivity index (χ0v) is 11.4. The Kier molecular flexibility index (Phi) is 4.05. The van der Waals surface area contributed by atoms with E-state index < -0.39 is 0 Å². The molecule has 3 nitrogen and oxygen atoms in total. The van der Waals surface area contributed by atoms with Crippen molar-refractivity contribution in [1.29, 1.82) is 0 Å². The summed E-state index contributed by atoms with van der Waals surface area (Å²) in [4.78, 5) is 0. The Hall–Kier alpha value is -1.03. The van der Waals surface area contributed by atoms with Crippen LogP contribution in [0.1, 0.15) is 43.5 Å². The molecule has 1 heterocycles. The smallest absolute Gasteiger partial charge is 0.185 e. The highest BCUT2D eigenvalue weighted by Crippen LogP contribution is 2.17. The van der Waals surface area contributed by atoms with Crippen LogP contribution in [0.25, 0.3) is 0 Å². The lowest BCUT2D eigenvalue weighted by Gasteiger charge is -2.25. The fourth-order valence-electron chi connectivity index (χ4n) is 2.41. The Morgan fingerprint density at radius 1 is 1.18 bits per heavy atom. The molecule has 1 fully saturated rings. The van der Waals surface area contributed by atoms with Gasteiger partial charge in [0.2, 0.25) is 0 Å². The van der Waals surface area contributed by atoms with Crippen LogP contribution in [0.5, 0.6) is 0 Å². The average molecular weight is 251 g/mol. The molecule has 2 rings (SSSR count). The van der Waals surface area contributed by atoms with Crippen LogP contribution in [0.2, 0.25) is 0 Å². The molecule has 0 unspecified atom stereocenters. The molecule has 0 bridgehead atoms. The van der Waals surface area contributed by atoms with Gasteiger partial charge in [-0.05, 0) is 51.0 Å². The van der Waals surface area contributed by atoms with E-state index in [0.29, 0.717) is 6.04 Å². The monoisotopic (exact) mass is 251 g/mol. The van der Waals surface area contributed by atoms with Crippen molar-refractivity contribution in [3.63, 3.8) is 0 Å². The number of thiocarbonyl (C=S) groups is 1. The fourth-order valence-corrected chi connectivity index (χ4v) is 2.67. The number of aryl methyl sites for hydroxylation is 2. The molecule has 17 heavy (non-hydrogen) atoms. The van der Waals surface area contributed by atoms with E-state index in [1.165, 1.54) is 43.5 Å². The van der Waals surface area contributed by atoms with E-state index in [4.69, 9.17) is 12.2 Å². The summed E-state index contributed by atoms with van der Waals surface area (Å²) in [5, 5.41) is 4.15. The van der Waals surface area contributed by atoms with Crippen molar-refractivity contribution in [1.82, 2.24) is 9.99 Å². The van der Waals surface area contributed by atoms with Gasteiger partial charge in [-0.15, -0.1) is 0 Å². The number of rotatable bonds is 2. The first-order valence-electron chi connectivity index (χ1n) is 6.39. The topological polar surface area (TPSA) is 29.0 Å². The molecule has 0 spiro atoms. The van der Waals surface area contributed by atoms with Crippen molar-refractivity contribution < 1.29 is 0 Å². The Balaban J connectivity index is 1.88. The van der Waals surface area contributed by atoms with Gasteiger partial charge in [0.15, 0.2) is 5.11 Å². The molecule has 1 aromatic heterocycles. The van der Waals surface area contributed by atoms with Crippen LogP contribution in [0, 0.1) is 13.8 Å². The van der Waals surface area contributed by atoms with Crippen molar-refractivity contribution >= 4 is 17.3 Å². The molecule has 1 aliphatic rings. The molecule has 2 N–H and O–H groups in total. The summed E-state index contributed by atoms with van der Waals surface area (Å²) in [5.41, 5.74) is 5.60. The second-order valence-electron chi connectivity index (χ2n) is 4.87. The second-order valence-corrected chi connectivity index (χ2v) is 5.28. The molecule has 0 radical (unpaired) electrons. The number of hydrogen-bond acceptors (Lipinski definition) is 1. The lowest BCUT2D eigenvalue weighted by molar-refractivity contribution is 0.414. The van der Waals surface area contributed by atoms with Gasteiger partial charge in [0.25, 0.3) is 0 Å². The van der Waals surface area contributed by atoms with E-state index in [1.807, 2.05) is 4.68 Å². The van der Waals surface area contributed by atoms with Gasteiger partial charge < -0.3 is 5.32 Å². The molecule has 94 valence electrons. The number of aromatic nitrogens is 1. The number of hydrogen-bond donors (Lipinski definition) is 2. The largest absolute Gasteiger partial charge is 0.359 e. The van der Waals surface area contributed by atoms with Crippen LogP contribution >= 0.6 is 12.2 Å². The summed E-state index contributed by atoms with van der Waals surface area (Å²) < 4.78 is 2.03. The van der Waals surface area contributed by atoms with E-state index in [0.717, 1.165) is 5.11 Å². The molecule has 0 aromatic carbocycles. The lowest BCUT2D eigenvalue weighted by Crippen LogP contribution is -2.42. The predicted molar refractivity (Wildman–Crippen MR) is 75.9 cm³/mol. The number of nitrogens with zero attached hydrogens (tertiary/aromatic N) is 1. The quantitative estimate of drug-likeness (QED) is 0.792. The van der Waals surface area contributed by atoms with Crippen molar-refractivity contribution in [2.24, 2.45) is 0 Å². The molecule has 0 amide bonds. The third kappa shape index (κ3) is 3.22. The maximum Gasteiger partial charge on any atom is 0.185 e. The Morgan fingerprint density at radius 3 is 2.35 bits per heavy atom. The number of nitrogens with one attached hydrogen (secondary N) is 2. The SMILES string of the molecule is Cc1ccc(C)n1NC(=S)NC1CCCCC1. The summed E-state index contributed by atoms with van der Waals surface area (Å²) in [6.07, 6.45) is 6.49. The van der Waals surface area contributed by atoms with Crippen LogP contribution in [-0.4, -0.2) is 15.8 Å². The summed E-state index contributed by atoms with van der Waals surface area (Å²) in [6.45, 7) is 4.15. The minimum Gasteiger partial charge on any atom is -0.359 e. The molecule has 0 saturated heterocycles. The highest BCUT2D eigenvalue weighted by Gasteiger charge is 2.14. The summed E-state index contributed by atoms with van der Waals surface area (Å²) in [6, 6.07) is 4.73. The third-order valence-electron chi connectivity index (χ3n) is 3.42. The molecule has 1 saturated carbocycles. The van der Waals surface area contributed by atoms with Gasteiger partial charge in [0.1, 0.15) is 0 Å². The summed E-state index contributed by atoms with van der Waals surface area (Å²) in [5.74, 6) is 0. The molecule has 0 atom stereocenters. The first kappa shape index (κ1) is 12.4. The average Bonchev–Trinajstić information content (AvgIpc) is 2.62. The minimum atomic E-state index is 0.555. The molecular formula is C13H21N3S. The van der Waals surface area contributed by atoms with Gasteiger partial charge in [0.05, 0.1) is 0 Å². The summed E-state index contributed by atoms with van der Waals surface area (Å²) in [7, 11) is 0. The molecule has 4 heteroatoms. The van der Waals surface area contributed by atoms with Crippen molar-refractivity contribution in [2.75, 3.05) is 5.43 Å². The van der Waals surface area contributed by atoms with Gasteiger partial charge >= 0.3 is 0 Å². The maximum absolute atomic E-state index is 5.36. The van der Waals surface area contributed by atoms with Crippen LogP contribution < -0.4 is 10.7 Å². The van der Waals surface area contributed by atoms with Crippen LogP contribution in [-0.2, 0) is 0 Å². The van der Waals surface area contributed by atoms with Gasteiger partial charge in [-0.3, -0.25) is 10.1 Å². The van der Waals surface area contributed by atoms with Crippen molar-refractivity contribution in [3.05, 3.63) is 23.5 Å². The molecule has 0 aliphatic heterocycles. The standard InChI is InChI=1S/C13H21N3S/c1-10-8-9-11(2)16(10)15-13(17)14-12-6-4-3-5-7-12/h8-9,12H,3-7H2,1-2H3,(H2,14,15,17). The summed E-state index contributed by atoms with van der Waals surface area (Å²) >= 11 is 5.36. The predicted octanol–water partition coefficient (Wildman–Crippen LogP) is 2.86. The Morgan fingerprint density at radius 2 is 1.76 bits per heavy atom. The van der Waals surface area contributed by atoms with Crippen LogP contribution in [0.4, 0.5) is 0 Å². The highest BCUT2D eigenvalue weighted by atomic mass is 32.1.